The normalized spacial score (nSPS) is 15.7. The molecule has 0 bridgehead atoms. The summed E-state index contributed by atoms with van der Waals surface area (Å²) >= 11 is 1.57. The first-order valence-electron chi connectivity index (χ1n) is 7.69. The SMILES string of the molecule is CCc1ccnc(C(=O)Nc2ncc(C3CCNCC3)s2)c1. The van der Waals surface area contributed by atoms with Crippen molar-refractivity contribution in [2.24, 2.45) is 0 Å². The van der Waals surface area contributed by atoms with Gasteiger partial charge in [-0.25, -0.2) is 4.98 Å². The number of aromatic nitrogens is 2. The van der Waals surface area contributed by atoms with Crippen molar-refractivity contribution >= 4 is 22.4 Å². The molecule has 22 heavy (non-hydrogen) atoms. The predicted molar refractivity (Wildman–Crippen MR) is 88.5 cm³/mol. The molecule has 0 atom stereocenters. The minimum absolute atomic E-state index is 0.193. The number of nitrogens with one attached hydrogen (secondary N) is 2. The van der Waals surface area contributed by atoms with Crippen molar-refractivity contribution in [2.75, 3.05) is 18.4 Å². The third kappa shape index (κ3) is 3.51. The van der Waals surface area contributed by atoms with E-state index >= 15 is 0 Å². The van der Waals surface area contributed by atoms with Crippen LogP contribution in [0.25, 0.3) is 0 Å². The van der Waals surface area contributed by atoms with E-state index in [0.29, 0.717) is 16.7 Å². The smallest absolute Gasteiger partial charge is 0.276 e. The van der Waals surface area contributed by atoms with Crippen LogP contribution in [0.2, 0.25) is 0 Å². The third-order valence-electron chi connectivity index (χ3n) is 3.95. The molecule has 0 saturated carbocycles. The third-order valence-corrected chi connectivity index (χ3v) is 5.03. The number of carbonyl (C=O) groups is 1. The van der Waals surface area contributed by atoms with Crippen LogP contribution in [0.15, 0.2) is 24.5 Å². The number of carbonyl (C=O) groups excluding carboxylic acids is 1. The van der Waals surface area contributed by atoms with Gasteiger partial charge < -0.3 is 5.32 Å². The molecule has 2 aromatic rings. The lowest BCUT2D eigenvalue weighted by Gasteiger charge is -2.20. The lowest BCUT2D eigenvalue weighted by Crippen LogP contribution is -2.26. The monoisotopic (exact) mass is 316 g/mol. The van der Waals surface area contributed by atoms with Crippen LogP contribution in [0.5, 0.6) is 0 Å². The van der Waals surface area contributed by atoms with E-state index in [9.17, 15) is 4.79 Å². The Hall–Kier alpha value is -1.79. The fourth-order valence-electron chi connectivity index (χ4n) is 2.62. The number of amides is 1. The molecule has 1 aliphatic rings. The maximum atomic E-state index is 12.3. The van der Waals surface area contributed by atoms with Crippen molar-refractivity contribution in [2.45, 2.75) is 32.1 Å². The molecular formula is C16H20N4OS. The van der Waals surface area contributed by atoms with Crippen LogP contribution in [0.1, 0.15) is 46.6 Å². The quantitative estimate of drug-likeness (QED) is 0.910. The van der Waals surface area contributed by atoms with Gasteiger partial charge in [-0.2, -0.15) is 0 Å². The Morgan fingerprint density at radius 2 is 2.23 bits per heavy atom. The Morgan fingerprint density at radius 3 is 3.00 bits per heavy atom. The van der Waals surface area contributed by atoms with Crippen molar-refractivity contribution in [1.82, 2.24) is 15.3 Å². The number of hydrogen-bond acceptors (Lipinski definition) is 5. The van der Waals surface area contributed by atoms with Gasteiger partial charge in [0, 0.05) is 17.3 Å². The van der Waals surface area contributed by atoms with E-state index in [2.05, 4.69) is 27.5 Å². The van der Waals surface area contributed by atoms with Crippen LogP contribution >= 0.6 is 11.3 Å². The zero-order valence-corrected chi connectivity index (χ0v) is 13.4. The maximum absolute atomic E-state index is 12.3. The molecule has 0 radical (unpaired) electrons. The zero-order chi connectivity index (χ0) is 15.4. The summed E-state index contributed by atoms with van der Waals surface area (Å²) in [5.74, 6) is 0.368. The lowest BCUT2D eigenvalue weighted by molar-refractivity contribution is 0.102. The molecule has 1 fully saturated rings. The van der Waals surface area contributed by atoms with Crippen LogP contribution in [-0.2, 0) is 6.42 Å². The summed E-state index contributed by atoms with van der Waals surface area (Å²) in [5, 5.41) is 6.88. The highest BCUT2D eigenvalue weighted by Crippen LogP contribution is 2.31. The van der Waals surface area contributed by atoms with Crippen molar-refractivity contribution in [1.29, 1.82) is 0 Å². The number of hydrogen-bond donors (Lipinski definition) is 2. The number of aryl methyl sites for hydroxylation is 1. The van der Waals surface area contributed by atoms with Crippen molar-refractivity contribution < 1.29 is 4.79 Å². The minimum Gasteiger partial charge on any atom is -0.317 e. The Bertz CT molecular complexity index is 649. The van der Waals surface area contributed by atoms with E-state index in [1.165, 1.54) is 4.88 Å². The van der Waals surface area contributed by atoms with Gasteiger partial charge in [-0.3, -0.25) is 15.1 Å². The first-order valence-corrected chi connectivity index (χ1v) is 8.50. The number of anilines is 1. The summed E-state index contributed by atoms with van der Waals surface area (Å²) in [7, 11) is 0. The Morgan fingerprint density at radius 1 is 1.41 bits per heavy atom. The van der Waals surface area contributed by atoms with Gasteiger partial charge in [0.15, 0.2) is 5.13 Å². The number of pyridine rings is 1. The molecular weight excluding hydrogens is 296 g/mol. The molecule has 1 saturated heterocycles. The molecule has 1 aliphatic heterocycles. The van der Waals surface area contributed by atoms with Crippen molar-refractivity contribution in [3.8, 4) is 0 Å². The van der Waals surface area contributed by atoms with Crippen molar-refractivity contribution in [3.05, 3.63) is 40.7 Å². The second-order valence-corrected chi connectivity index (χ2v) is 6.51. The van der Waals surface area contributed by atoms with Gasteiger partial charge >= 0.3 is 0 Å². The van der Waals surface area contributed by atoms with Gasteiger partial charge in [0.05, 0.1) is 0 Å². The molecule has 5 nitrogen and oxygen atoms in total. The van der Waals surface area contributed by atoms with Crippen LogP contribution in [0, 0.1) is 0 Å². The molecule has 2 N–H and O–H groups in total. The Kier molecular flexibility index (Phi) is 4.80. The number of nitrogens with zero attached hydrogens (tertiary/aromatic N) is 2. The molecule has 1 amide bonds. The molecule has 0 aromatic carbocycles. The Labute approximate surface area is 134 Å². The van der Waals surface area contributed by atoms with E-state index in [4.69, 9.17) is 0 Å². The largest absolute Gasteiger partial charge is 0.317 e. The maximum Gasteiger partial charge on any atom is 0.276 e. The predicted octanol–water partition coefficient (Wildman–Crippen LogP) is 2.82. The first kappa shape index (κ1) is 15.1. The summed E-state index contributed by atoms with van der Waals surface area (Å²) in [6.45, 7) is 4.17. The van der Waals surface area contributed by atoms with Gasteiger partial charge in [-0.1, -0.05) is 6.92 Å². The second-order valence-electron chi connectivity index (χ2n) is 5.45. The average Bonchev–Trinajstić information content (AvgIpc) is 3.04. The van der Waals surface area contributed by atoms with E-state index in [1.807, 2.05) is 18.3 Å². The van der Waals surface area contributed by atoms with Gasteiger partial charge in [-0.05, 0) is 56.0 Å². The van der Waals surface area contributed by atoms with Gasteiger partial charge in [-0.15, -0.1) is 11.3 Å². The van der Waals surface area contributed by atoms with Gasteiger partial charge in [0.2, 0.25) is 0 Å². The number of rotatable bonds is 4. The molecule has 3 heterocycles. The summed E-state index contributed by atoms with van der Waals surface area (Å²) in [6.07, 6.45) is 6.73. The standard InChI is InChI=1S/C16H20N4OS/c1-2-11-3-8-18-13(9-11)15(21)20-16-19-10-14(22-16)12-4-6-17-7-5-12/h3,8-10,12,17H,2,4-7H2,1H3,(H,19,20,21). The van der Waals surface area contributed by atoms with Crippen LogP contribution in [0.3, 0.4) is 0 Å². The van der Waals surface area contributed by atoms with Gasteiger partial charge in [0.1, 0.15) is 5.69 Å². The fraction of sp³-hybridized carbons (Fsp3) is 0.438. The summed E-state index contributed by atoms with van der Waals surface area (Å²) < 4.78 is 0. The highest BCUT2D eigenvalue weighted by molar-refractivity contribution is 7.15. The highest BCUT2D eigenvalue weighted by atomic mass is 32.1. The number of piperidine rings is 1. The molecule has 6 heteroatoms. The fourth-order valence-corrected chi connectivity index (χ4v) is 3.60. The summed E-state index contributed by atoms with van der Waals surface area (Å²) in [6, 6.07) is 3.76. The molecule has 116 valence electrons. The van der Waals surface area contributed by atoms with Crippen molar-refractivity contribution in [3.63, 3.8) is 0 Å². The lowest BCUT2D eigenvalue weighted by atomic mass is 9.97. The topological polar surface area (TPSA) is 66.9 Å². The second kappa shape index (κ2) is 6.98. The number of thiazole rings is 1. The molecule has 0 unspecified atom stereocenters. The first-order chi connectivity index (χ1) is 10.8. The minimum atomic E-state index is -0.193. The highest BCUT2D eigenvalue weighted by Gasteiger charge is 2.18. The average molecular weight is 316 g/mol. The van der Waals surface area contributed by atoms with E-state index in [-0.39, 0.29) is 5.91 Å². The van der Waals surface area contributed by atoms with Crippen LogP contribution < -0.4 is 10.6 Å². The van der Waals surface area contributed by atoms with E-state index in [0.717, 1.165) is 37.9 Å². The molecule has 0 aliphatic carbocycles. The molecule has 3 rings (SSSR count). The Balaban J connectivity index is 1.67. The van der Waals surface area contributed by atoms with Gasteiger partial charge in [0.25, 0.3) is 5.91 Å². The van der Waals surface area contributed by atoms with E-state index in [1.54, 1.807) is 17.5 Å². The summed E-state index contributed by atoms with van der Waals surface area (Å²) in [5.41, 5.74) is 1.55. The zero-order valence-electron chi connectivity index (χ0n) is 12.6. The molecule has 0 spiro atoms. The van der Waals surface area contributed by atoms with Crippen LogP contribution in [0.4, 0.5) is 5.13 Å². The molecule has 2 aromatic heterocycles. The van der Waals surface area contributed by atoms with Crippen LogP contribution in [-0.4, -0.2) is 29.0 Å². The summed E-state index contributed by atoms with van der Waals surface area (Å²) in [4.78, 5) is 22.0. The van der Waals surface area contributed by atoms with E-state index < -0.39 is 0 Å².